The molecule has 4 rings (SSSR count). The molecular formula is C22H26N4O4S. The van der Waals surface area contributed by atoms with Gasteiger partial charge in [-0.1, -0.05) is 36.4 Å². The van der Waals surface area contributed by atoms with Crippen LogP contribution in [0, 0.1) is 0 Å². The Bertz CT molecular complexity index is 1070. The van der Waals surface area contributed by atoms with Crippen molar-refractivity contribution >= 4 is 27.5 Å². The second-order valence-corrected chi connectivity index (χ2v) is 9.93. The molecule has 31 heavy (non-hydrogen) atoms. The summed E-state index contributed by atoms with van der Waals surface area (Å²) >= 11 is 0. The smallest absolute Gasteiger partial charge is 0.243 e. The number of benzene rings is 2. The summed E-state index contributed by atoms with van der Waals surface area (Å²) in [5.41, 5.74) is 1.81. The summed E-state index contributed by atoms with van der Waals surface area (Å²) < 4.78 is 26.8. The van der Waals surface area contributed by atoms with Gasteiger partial charge in [0.05, 0.1) is 18.0 Å². The predicted molar refractivity (Wildman–Crippen MR) is 117 cm³/mol. The van der Waals surface area contributed by atoms with Crippen molar-refractivity contribution in [1.29, 1.82) is 0 Å². The van der Waals surface area contributed by atoms with Gasteiger partial charge in [-0.15, -0.1) is 0 Å². The van der Waals surface area contributed by atoms with Gasteiger partial charge in [0.25, 0.3) is 0 Å². The maximum Gasteiger partial charge on any atom is 0.243 e. The second kappa shape index (κ2) is 8.68. The molecule has 2 fully saturated rings. The van der Waals surface area contributed by atoms with Gasteiger partial charge in [-0.25, -0.2) is 8.42 Å². The van der Waals surface area contributed by atoms with Gasteiger partial charge in [-0.3, -0.25) is 9.59 Å². The van der Waals surface area contributed by atoms with Crippen LogP contribution >= 0.6 is 0 Å². The highest BCUT2D eigenvalue weighted by Crippen LogP contribution is 2.47. The quantitative estimate of drug-likeness (QED) is 0.567. The topological polar surface area (TPSA) is 108 Å². The van der Waals surface area contributed by atoms with Crippen molar-refractivity contribution in [2.45, 2.75) is 23.2 Å². The molecule has 0 radical (unpaired) electrons. The zero-order valence-corrected chi connectivity index (χ0v) is 18.0. The van der Waals surface area contributed by atoms with E-state index in [1.54, 1.807) is 12.1 Å². The molecule has 1 saturated carbocycles. The Morgan fingerprint density at radius 3 is 2.58 bits per heavy atom. The molecule has 2 aromatic rings. The lowest BCUT2D eigenvalue weighted by atomic mass is 9.96. The highest BCUT2D eigenvalue weighted by Gasteiger charge is 2.44. The minimum absolute atomic E-state index is 0.0334. The maximum absolute atomic E-state index is 12.8. The van der Waals surface area contributed by atoms with Crippen molar-refractivity contribution in [3.8, 4) is 0 Å². The van der Waals surface area contributed by atoms with Crippen LogP contribution in [0.5, 0.6) is 0 Å². The third-order valence-electron chi connectivity index (χ3n) is 5.79. The summed E-state index contributed by atoms with van der Waals surface area (Å²) in [6.45, 7) is 0.965. The second-order valence-electron chi connectivity index (χ2n) is 7.99. The molecule has 2 aromatic carbocycles. The van der Waals surface area contributed by atoms with Crippen LogP contribution < -0.4 is 16.0 Å². The number of rotatable bonds is 8. The summed E-state index contributed by atoms with van der Waals surface area (Å²) in [5, 5.41) is 8.59. The third kappa shape index (κ3) is 4.88. The van der Waals surface area contributed by atoms with Crippen molar-refractivity contribution in [1.82, 2.24) is 14.9 Å². The number of anilines is 1. The van der Waals surface area contributed by atoms with Gasteiger partial charge in [0, 0.05) is 30.7 Å². The Morgan fingerprint density at radius 1 is 1.10 bits per heavy atom. The zero-order chi connectivity index (χ0) is 21.9. The molecule has 2 amide bonds. The Kier molecular flexibility index (Phi) is 5.97. The van der Waals surface area contributed by atoms with Crippen molar-refractivity contribution in [3.05, 3.63) is 60.2 Å². The number of hydrogen-bond donors (Lipinski definition) is 3. The Balaban J connectivity index is 1.33. The SMILES string of the molecule is O=C(CNc1cccc(S(=O)(=O)N2CCNC(=O)C2)c1)NCC1(c2ccccc2)CC1. The molecule has 0 bridgehead atoms. The molecular weight excluding hydrogens is 416 g/mol. The lowest BCUT2D eigenvalue weighted by Gasteiger charge is -2.26. The number of carbonyl (C=O) groups is 2. The van der Waals surface area contributed by atoms with E-state index in [0.29, 0.717) is 18.8 Å². The number of amides is 2. The van der Waals surface area contributed by atoms with Crippen LogP contribution in [-0.4, -0.2) is 57.3 Å². The van der Waals surface area contributed by atoms with E-state index in [4.69, 9.17) is 0 Å². The first-order chi connectivity index (χ1) is 14.9. The molecule has 1 saturated heterocycles. The lowest BCUT2D eigenvalue weighted by Crippen LogP contribution is -2.49. The van der Waals surface area contributed by atoms with E-state index < -0.39 is 10.0 Å². The molecule has 8 nitrogen and oxygen atoms in total. The predicted octanol–water partition coefficient (Wildman–Crippen LogP) is 1.07. The molecule has 1 aliphatic carbocycles. The van der Waals surface area contributed by atoms with Crippen LogP contribution in [0.15, 0.2) is 59.5 Å². The lowest BCUT2D eigenvalue weighted by molar-refractivity contribution is -0.122. The van der Waals surface area contributed by atoms with E-state index in [2.05, 4.69) is 28.1 Å². The van der Waals surface area contributed by atoms with Crippen LogP contribution in [0.1, 0.15) is 18.4 Å². The Morgan fingerprint density at radius 2 is 1.87 bits per heavy atom. The molecule has 0 atom stereocenters. The summed E-state index contributed by atoms with van der Waals surface area (Å²) in [5.74, 6) is -0.465. The highest BCUT2D eigenvalue weighted by atomic mass is 32.2. The number of nitrogens with zero attached hydrogens (tertiary/aromatic N) is 1. The van der Waals surface area contributed by atoms with Gasteiger partial charge >= 0.3 is 0 Å². The van der Waals surface area contributed by atoms with Crippen LogP contribution in [0.3, 0.4) is 0 Å². The van der Waals surface area contributed by atoms with Crippen molar-refractivity contribution in [2.24, 2.45) is 0 Å². The van der Waals surface area contributed by atoms with Crippen LogP contribution in [0.2, 0.25) is 0 Å². The van der Waals surface area contributed by atoms with E-state index in [9.17, 15) is 18.0 Å². The van der Waals surface area contributed by atoms with Crippen LogP contribution in [0.4, 0.5) is 5.69 Å². The first-order valence-corrected chi connectivity index (χ1v) is 11.8. The average Bonchev–Trinajstić information content (AvgIpc) is 3.58. The Hall–Kier alpha value is -2.91. The van der Waals surface area contributed by atoms with Gasteiger partial charge in [0.15, 0.2) is 0 Å². The van der Waals surface area contributed by atoms with E-state index in [1.807, 2.05) is 18.2 Å². The maximum atomic E-state index is 12.8. The molecule has 9 heteroatoms. The summed E-state index contributed by atoms with van der Waals surface area (Å²) in [7, 11) is -3.78. The number of hydrogen-bond acceptors (Lipinski definition) is 5. The van der Waals surface area contributed by atoms with E-state index in [0.717, 1.165) is 17.1 Å². The fourth-order valence-corrected chi connectivity index (χ4v) is 5.20. The molecule has 164 valence electrons. The van der Waals surface area contributed by atoms with Crippen LogP contribution in [-0.2, 0) is 25.0 Å². The number of sulfonamides is 1. The van der Waals surface area contributed by atoms with Gasteiger partial charge in [0.2, 0.25) is 21.8 Å². The monoisotopic (exact) mass is 442 g/mol. The number of piperazine rings is 1. The fraction of sp³-hybridized carbons (Fsp3) is 0.364. The normalized spacial score (nSPS) is 18.1. The molecule has 1 aliphatic heterocycles. The number of nitrogens with one attached hydrogen (secondary N) is 3. The third-order valence-corrected chi connectivity index (χ3v) is 7.63. The molecule has 0 aromatic heterocycles. The standard InChI is InChI=1S/C22H26N4O4S/c27-20(25-16-22(9-10-22)17-5-2-1-3-6-17)14-24-18-7-4-8-19(13-18)31(29,30)26-12-11-23-21(28)15-26/h1-8,13,24H,9-12,14-16H2,(H,23,28)(H,25,27). The molecule has 0 unspecified atom stereocenters. The van der Waals surface area contributed by atoms with Gasteiger partial charge in [-0.2, -0.15) is 4.31 Å². The molecule has 0 spiro atoms. The van der Waals surface area contributed by atoms with Gasteiger partial charge < -0.3 is 16.0 Å². The summed E-state index contributed by atoms with van der Waals surface area (Å²) in [6, 6.07) is 16.5. The van der Waals surface area contributed by atoms with Crippen LogP contribution in [0.25, 0.3) is 0 Å². The first kappa shape index (κ1) is 21.3. The minimum Gasteiger partial charge on any atom is -0.376 e. The van der Waals surface area contributed by atoms with E-state index in [-0.39, 0.29) is 41.8 Å². The molecule has 2 aliphatic rings. The minimum atomic E-state index is -3.78. The number of carbonyl (C=O) groups excluding carboxylic acids is 2. The van der Waals surface area contributed by atoms with Gasteiger partial charge in [0.1, 0.15) is 0 Å². The van der Waals surface area contributed by atoms with Crippen molar-refractivity contribution < 1.29 is 18.0 Å². The molecule has 1 heterocycles. The highest BCUT2D eigenvalue weighted by molar-refractivity contribution is 7.89. The average molecular weight is 443 g/mol. The zero-order valence-electron chi connectivity index (χ0n) is 17.1. The van der Waals surface area contributed by atoms with Crippen molar-refractivity contribution in [3.63, 3.8) is 0 Å². The summed E-state index contributed by atoms with van der Waals surface area (Å²) in [4.78, 5) is 24.0. The van der Waals surface area contributed by atoms with Gasteiger partial charge in [-0.05, 0) is 36.6 Å². The molecule has 3 N–H and O–H groups in total. The fourth-order valence-electron chi connectivity index (χ4n) is 3.76. The first-order valence-electron chi connectivity index (χ1n) is 10.3. The van der Waals surface area contributed by atoms with Crippen molar-refractivity contribution in [2.75, 3.05) is 38.0 Å². The van der Waals surface area contributed by atoms with E-state index >= 15 is 0 Å². The largest absolute Gasteiger partial charge is 0.376 e. The Labute approximate surface area is 182 Å². The van der Waals surface area contributed by atoms with E-state index in [1.165, 1.54) is 17.7 Å². The summed E-state index contributed by atoms with van der Waals surface area (Å²) in [6.07, 6.45) is 2.11.